The van der Waals surface area contributed by atoms with Gasteiger partial charge in [0.1, 0.15) is 5.75 Å². The zero-order valence-electron chi connectivity index (χ0n) is 10.0. The zero-order valence-corrected chi connectivity index (χ0v) is 10.0. The number of nitrogens with two attached hydrogens (primary N) is 1. The van der Waals surface area contributed by atoms with E-state index in [4.69, 9.17) is 5.73 Å². The first-order valence-corrected chi connectivity index (χ1v) is 5.94. The number of para-hydroxylation sites is 1. The first-order valence-electron chi connectivity index (χ1n) is 5.94. The minimum absolute atomic E-state index is 0.122. The maximum atomic E-state index is 10.1. The molecule has 0 amide bonds. The van der Waals surface area contributed by atoms with Crippen LogP contribution in [0.3, 0.4) is 0 Å². The number of aromatic hydroxyl groups is 1. The summed E-state index contributed by atoms with van der Waals surface area (Å²) in [7, 11) is 0. The van der Waals surface area contributed by atoms with Crippen LogP contribution in [-0.4, -0.2) is 16.3 Å². The van der Waals surface area contributed by atoms with Crippen molar-refractivity contribution in [2.75, 3.05) is 0 Å². The Morgan fingerprint density at radius 2 is 1.56 bits per heavy atom. The van der Waals surface area contributed by atoms with Crippen LogP contribution >= 0.6 is 0 Å². The van der Waals surface area contributed by atoms with Gasteiger partial charge in [0.25, 0.3) is 0 Å². The highest BCUT2D eigenvalue weighted by Crippen LogP contribution is 2.25. The molecule has 0 spiro atoms. The van der Waals surface area contributed by atoms with Crippen molar-refractivity contribution in [1.82, 2.24) is 0 Å². The van der Waals surface area contributed by atoms with Crippen LogP contribution in [0.15, 0.2) is 54.6 Å². The van der Waals surface area contributed by atoms with E-state index >= 15 is 0 Å². The lowest BCUT2D eigenvalue weighted by molar-refractivity contribution is 0.144. The second-order valence-electron chi connectivity index (χ2n) is 4.34. The Labute approximate surface area is 107 Å². The molecule has 0 heterocycles. The van der Waals surface area contributed by atoms with Gasteiger partial charge in [-0.25, -0.2) is 0 Å². The van der Waals surface area contributed by atoms with Crippen molar-refractivity contribution in [3.8, 4) is 5.75 Å². The molecule has 2 aromatic carbocycles. The molecule has 0 unspecified atom stereocenters. The van der Waals surface area contributed by atoms with E-state index < -0.39 is 12.1 Å². The molecule has 2 atom stereocenters. The molecule has 4 N–H and O–H groups in total. The van der Waals surface area contributed by atoms with Gasteiger partial charge in [-0.2, -0.15) is 0 Å². The molecule has 0 bridgehead atoms. The average Bonchev–Trinajstić information content (AvgIpc) is 2.39. The van der Waals surface area contributed by atoms with Gasteiger partial charge in [0.05, 0.1) is 12.1 Å². The third kappa shape index (κ3) is 2.88. The van der Waals surface area contributed by atoms with Crippen molar-refractivity contribution in [3.05, 3.63) is 65.7 Å². The SMILES string of the molecule is N[C@H](c1ccccc1O)[C@@H](O)Cc1ccccc1. The number of hydrogen-bond donors (Lipinski definition) is 3. The highest BCUT2D eigenvalue weighted by atomic mass is 16.3. The molecular weight excluding hydrogens is 226 g/mol. The van der Waals surface area contributed by atoms with Crippen LogP contribution in [-0.2, 0) is 6.42 Å². The molecule has 18 heavy (non-hydrogen) atoms. The molecule has 0 radical (unpaired) electrons. The molecule has 0 aliphatic heterocycles. The van der Waals surface area contributed by atoms with E-state index in [-0.39, 0.29) is 5.75 Å². The van der Waals surface area contributed by atoms with E-state index in [2.05, 4.69) is 0 Å². The smallest absolute Gasteiger partial charge is 0.120 e. The van der Waals surface area contributed by atoms with E-state index in [0.717, 1.165) is 5.56 Å². The lowest BCUT2D eigenvalue weighted by Gasteiger charge is -2.20. The summed E-state index contributed by atoms with van der Waals surface area (Å²) in [5.74, 6) is 0.122. The van der Waals surface area contributed by atoms with E-state index in [0.29, 0.717) is 12.0 Å². The molecule has 94 valence electrons. The third-order valence-electron chi connectivity index (χ3n) is 3.00. The van der Waals surface area contributed by atoms with Crippen LogP contribution in [0.1, 0.15) is 17.2 Å². The number of phenolic OH excluding ortho intramolecular Hbond substituents is 1. The molecule has 0 fully saturated rings. The van der Waals surface area contributed by atoms with E-state index in [1.165, 1.54) is 0 Å². The predicted octanol–water partition coefficient (Wildman–Crippen LogP) is 2.00. The number of benzene rings is 2. The van der Waals surface area contributed by atoms with Crippen LogP contribution in [0, 0.1) is 0 Å². The van der Waals surface area contributed by atoms with Crippen LogP contribution < -0.4 is 5.73 Å². The number of aliphatic hydroxyl groups excluding tert-OH is 1. The average molecular weight is 243 g/mol. The standard InChI is InChI=1S/C15H17NO2/c16-15(12-8-4-5-9-13(12)17)14(18)10-11-6-2-1-3-7-11/h1-9,14-15,17-18H,10,16H2/t14-,15+/m0/s1. The monoisotopic (exact) mass is 243 g/mol. The van der Waals surface area contributed by atoms with Crippen molar-refractivity contribution in [3.63, 3.8) is 0 Å². The van der Waals surface area contributed by atoms with Gasteiger partial charge >= 0.3 is 0 Å². The third-order valence-corrected chi connectivity index (χ3v) is 3.00. The summed E-state index contributed by atoms with van der Waals surface area (Å²) in [6.45, 7) is 0. The number of aliphatic hydroxyl groups is 1. The molecule has 2 rings (SSSR count). The summed E-state index contributed by atoms with van der Waals surface area (Å²) in [5.41, 5.74) is 7.57. The van der Waals surface area contributed by atoms with Crippen molar-refractivity contribution in [2.45, 2.75) is 18.6 Å². The Morgan fingerprint density at radius 3 is 2.22 bits per heavy atom. The molecule has 0 aromatic heterocycles. The fourth-order valence-electron chi connectivity index (χ4n) is 1.96. The van der Waals surface area contributed by atoms with Crippen LogP contribution in [0.25, 0.3) is 0 Å². The topological polar surface area (TPSA) is 66.5 Å². The van der Waals surface area contributed by atoms with E-state index in [1.54, 1.807) is 24.3 Å². The molecule has 0 saturated heterocycles. The minimum atomic E-state index is -0.722. The summed E-state index contributed by atoms with van der Waals surface area (Å²) >= 11 is 0. The van der Waals surface area contributed by atoms with Gasteiger partial charge in [-0.05, 0) is 11.6 Å². The van der Waals surface area contributed by atoms with Gasteiger partial charge in [-0.1, -0.05) is 48.5 Å². The Kier molecular flexibility index (Phi) is 3.97. The Morgan fingerprint density at radius 1 is 0.944 bits per heavy atom. The molecular formula is C15H17NO2. The van der Waals surface area contributed by atoms with Gasteiger partial charge < -0.3 is 15.9 Å². The lowest BCUT2D eigenvalue weighted by atomic mass is 9.96. The highest BCUT2D eigenvalue weighted by Gasteiger charge is 2.19. The summed E-state index contributed by atoms with van der Waals surface area (Å²) in [6, 6.07) is 15.9. The highest BCUT2D eigenvalue weighted by molar-refractivity contribution is 5.35. The summed E-state index contributed by atoms with van der Waals surface area (Å²) in [6.07, 6.45) is -0.253. The second kappa shape index (κ2) is 5.67. The molecule has 0 aliphatic carbocycles. The lowest BCUT2D eigenvalue weighted by Crippen LogP contribution is -2.28. The van der Waals surface area contributed by atoms with Gasteiger partial charge in [0, 0.05) is 12.0 Å². The van der Waals surface area contributed by atoms with Gasteiger partial charge in [-0.15, -0.1) is 0 Å². The Bertz CT molecular complexity index is 499. The van der Waals surface area contributed by atoms with Crippen molar-refractivity contribution < 1.29 is 10.2 Å². The summed E-state index contributed by atoms with van der Waals surface area (Å²) in [4.78, 5) is 0. The van der Waals surface area contributed by atoms with Gasteiger partial charge in [-0.3, -0.25) is 0 Å². The number of rotatable bonds is 4. The van der Waals surface area contributed by atoms with Crippen molar-refractivity contribution in [1.29, 1.82) is 0 Å². The van der Waals surface area contributed by atoms with Crippen LogP contribution in [0.2, 0.25) is 0 Å². The van der Waals surface area contributed by atoms with E-state index in [9.17, 15) is 10.2 Å². The minimum Gasteiger partial charge on any atom is -0.508 e. The number of phenols is 1. The molecule has 0 aliphatic rings. The van der Waals surface area contributed by atoms with Gasteiger partial charge in [0.15, 0.2) is 0 Å². The fourth-order valence-corrected chi connectivity index (χ4v) is 1.96. The second-order valence-corrected chi connectivity index (χ2v) is 4.34. The summed E-state index contributed by atoms with van der Waals surface area (Å²) < 4.78 is 0. The molecule has 3 heteroatoms. The summed E-state index contributed by atoms with van der Waals surface area (Å²) in [5, 5.41) is 19.8. The maximum absolute atomic E-state index is 10.1. The predicted molar refractivity (Wildman–Crippen MR) is 71.2 cm³/mol. The Hall–Kier alpha value is -1.84. The van der Waals surface area contributed by atoms with Gasteiger partial charge in [0.2, 0.25) is 0 Å². The normalized spacial score (nSPS) is 14.1. The first kappa shape index (κ1) is 12.6. The van der Waals surface area contributed by atoms with Crippen LogP contribution in [0.4, 0.5) is 0 Å². The quantitative estimate of drug-likeness (QED) is 0.769. The largest absolute Gasteiger partial charge is 0.508 e. The van der Waals surface area contributed by atoms with E-state index in [1.807, 2.05) is 30.3 Å². The molecule has 3 nitrogen and oxygen atoms in total. The maximum Gasteiger partial charge on any atom is 0.120 e. The first-order chi connectivity index (χ1) is 8.68. The number of hydrogen-bond acceptors (Lipinski definition) is 3. The van der Waals surface area contributed by atoms with Crippen molar-refractivity contribution >= 4 is 0 Å². The molecule has 2 aromatic rings. The Balaban J connectivity index is 2.10. The van der Waals surface area contributed by atoms with Crippen LogP contribution in [0.5, 0.6) is 5.75 Å². The fraction of sp³-hybridized carbons (Fsp3) is 0.200. The molecule has 0 saturated carbocycles. The van der Waals surface area contributed by atoms with Crippen molar-refractivity contribution in [2.24, 2.45) is 5.73 Å². The zero-order chi connectivity index (χ0) is 13.0.